The fourth-order valence-electron chi connectivity index (χ4n) is 4.26. The Hall–Kier alpha value is -3.81. The number of nitrogens with one attached hydrogen (secondary N) is 2. The number of rotatable bonds is 13. The molecule has 0 saturated heterocycles. The van der Waals surface area contributed by atoms with Crippen LogP contribution in [0.1, 0.15) is 36.0 Å². The third-order valence-corrected chi connectivity index (χ3v) is 6.30. The van der Waals surface area contributed by atoms with E-state index >= 15 is 0 Å². The minimum absolute atomic E-state index is 0.00268. The first-order chi connectivity index (χ1) is 18.9. The zero-order valence-electron chi connectivity index (χ0n) is 22.0. The van der Waals surface area contributed by atoms with Crippen molar-refractivity contribution in [3.63, 3.8) is 0 Å². The summed E-state index contributed by atoms with van der Waals surface area (Å²) in [6.07, 6.45) is 3.68. The highest BCUT2D eigenvalue weighted by Gasteiger charge is 2.24. The molecule has 1 saturated carbocycles. The molecule has 6 N–H and O–H groups in total. The quantitative estimate of drug-likeness (QED) is 0.234. The van der Waals surface area contributed by atoms with Gasteiger partial charge in [-0.3, -0.25) is 4.79 Å². The number of hydrogen-bond acceptors (Lipinski definition) is 11. The molecule has 0 unspecified atom stereocenters. The summed E-state index contributed by atoms with van der Waals surface area (Å²) in [5.74, 6) is -0.992. The third kappa shape index (κ3) is 7.19. The lowest BCUT2D eigenvalue weighted by atomic mass is 9.91. The van der Waals surface area contributed by atoms with Crippen molar-refractivity contribution in [3.8, 4) is 11.8 Å². The van der Waals surface area contributed by atoms with Gasteiger partial charge in [0, 0.05) is 32.0 Å². The SMILES string of the molecule is COCCOc1nc2ccc(Nc3nc(N[C@@H]4CCCC[C@@H]4N)c(F)cc3C(N)=O)cc2nc1OCCOC. The highest BCUT2D eigenvalue weighted by molar-refractivity contribution is 5.99. The van der Waals surface area contributed by atoms with E-state index in [2.05, 4.69) is 25.6 Å². The van der Waals surface area contributed by atoms with Crippen LogP contribution >= 0.6 is 0 Å². The number of pyridine rings is 1. The van der Waals surface area contributed by atoms with Crippen LogP contribution in [-0.4, -0.2) is 73.6 Å². The smallest absolute Gasteiger partial charge is 0.278 e. The van der Waals surface area contributed by atoms with Crippen molar-refractivity contribution in [1.82, 2.24) is 15.0 Å². The number of anilines is 3. The predicted molar refractivity (Wildman–Crippen MR) is 144 cm³/mol. The van der Waals surface area contributed by atoms with E-state index in [1.807, 2.05) is 0 Å². The van der Waals surface area contributed by atoms with Crippen LogP contribution in [-0.2, 0) is 9.47 Å². The Labute approximate surface area is 225 Å². The Morgan fingerprint density at radius 1 is 0.949 bits per heavy atom. The van der Waals surface area contributed by atoms with Crippen molar-refractivity contribution in [1.29, 1.82) is 0 Å². The number of nitrogens with two attached hydrogens (primary N) is 2. The van der Waals surface area contributed by atoms with E-state index in [4.69, 9.17) is 30.4 Å². The van der Waals surface area contributed by atoms with Crippen molar-refractivity contribution in [2.75, 3.05) is 51.3 Å². The molecule has 4 rings (SSSR count). The molecule has 1 amide bonds. The van der Waals surface area contributed by atoms with E-state index in [0.717, 1.165) is 31.7 Å². The first kappa shape index (κ1) is 28.2. The molecule has 0 aliphatic heterocycles. The summed E-state index contributed by atoms with van der Waals surface area (Å²) in [7, 11) is 3.14. The summed E-state index contributed by atoms with van der Waals surface area (Å²) in [6, 6.07) is 5.98. The minimum Gasteiger partial charge on any atom is -0.471 e. The number of nitrogens with zero attached hydrogens (tertiary/aromatic N) is 3. The second-order valence-electron chi connectivity index (χ2n) is 9.12. The lowest BCUT2D eigenvalue weighted by Gasteiger charge is -2.30. The second kappa shape index (κ2) is 13.3. The third-order valence-electron chi connectivity index (χ3n) is 6.30. The number of methoxy groups -OCH3 is 2. The van der Waals surface area contributed by atoms with E-state index in [9.17, 15) is 9.18 Å². The number of amides is 1. The molecule has 39 heavy (non-hydrogen) atoms. The number of ether oxygens (including phenoxy) is 4. The van der Waals surface area contributed by atoms with Gasteiger partial charge in [-0.05, 0) is 37.1 Å². The summed E-state index contributed by atoms with van der Waals surface area (Å²) in [5.41, 5.74) is 13.2. The minimum atomic E-state index is -0.822. The Morgan fingerprint density at radius 2 is 1.62 bits per heavy atom. The lowest BCUT2D eigenvalue weighted by Crippen LogP contribution is -2.43. The van der Waals surface area contributed by atoms with Gasteiger partial charge in [0.15, 0.2) is 11.6 Å². The molecule has 0 radical (unpaired) electrons. The maximum Gasteiger partial charge on any atom is 0.278 e. The first-order valence-electron chi connectivity index (χ1n) is 12.7. The van der Waals surface area contributed by atoms with Crippen LogP contribution in [0, 0.1) is 5.82 Å². The summed E-state index contributed by atoms with van der Waals surface area (Å²) in [6.45, 7) is 1.24. The van der Waals surface area contributed by atoms with Gasteiger partial charge in [0.25, 0.3) is 17.7 Å². The van der Waals surface area contributed by atoms with Crippen LogP contribution in [0.4, 0.5) is 21.7 Å². The highest BCUT2D eigenvalue weighted by Crippen LogP contribution is 2.30. The molecule has 13 heteroatoms. The molecule has 1 aliphatic carbocycles. The Bertz CT molecular complexity index is 1300. The van der Waals surface area contributed by atoms with Crippen LogP contribution in [0.3, 0.4) is 0 Å². The molecular weight excluding hydrogens is 509 g/mol. The molecule has 2 heterocycles. The fraction of sp³-hybridized carbons (Fsp3) is 0.462. The zero-order chi connectivity index (χ0) is 27.8. The average Bonchev–Trinajstić information content (AvgIpc) is 2.92. The van der Waals surface area contributed by atoms with Crippen LogP contribution < -0.4 is 31.6 Å². The van der Waals surface area contributed by atoms with Gasteiger partial charge in [-0.25, -0.2) is 19.3 Å². The number of carbonyl (C=O) groups excluding carboxylic acids is 1. The maximum absolute atomic E-state index is 14.9. The first-order valence-corrected chi connectivity index (χ1v) is 12.7. The number of fused-ring (bicyclic) bond motifs is 1. The van der Waals surface area contributed by atoms with Gasteiger partial charge in [0.05, 0.1) is 29.8 Å². The number of primary amides is 1. The van der Waals surface area contributed by atoms with Crippen LogP contribution in [0.2, 0.25) is 0 Å². The topological polar surface area (TPSA) is 169 Å². The van der Waals surface area contributed by atoms with E-state index in [-0.39, 0.29) is 54.3 Å². The molecule has 3 aromatic rings. The van der Waals surface area contributed by atoms with Gasteiger partial charge in [-0.1, -0.05) is 12.8 Å². The average molecular weight is 544 g/mol. The number of carbonyl (C=O) groups is 1. The van der Waals surface area contributed by atoms with Gasteiger partial charge in [-0.15, -0.1) is 0 Å². The number of hydrogen-bond donors (Lipinski definition) is 4. The van der Waals surface area contributed by atoms with Gasteiger partial charge in [0.1, 0.15) is 19.0 Å². The van der Waals surface area contributed by atoms with E-state index in [0.29, 0.717) is 29.9 Å². The summed E-state index contributed by atoms with van der Waals surface area (Å²) in [5, 5.41) is 6.17. The van der Waals surface area contributed by atoms with Gasteiger partial charge in [-0.2, -0.15) is 0 Å². The van der Waals surface area contributed by atoms with E-state index < -0.39 is 11.7 Å². The Kier molecular flexibility index (Phi) is 9.63. The molecule has 1 aliphatic rings. The van der Waals surface area contributed by atoms with E-state index in [1.165, 1.54) is 0 Å². The molecule has 0 bridgehead atoms. The zero-order valence-corrected chi connectivity index (χ0v) is 22.0. The van der Waals surface area contributed by atoms with Gasteiger partial charge >= 0.3 is 0 Å². The Balaban J connectivity index is 1.63. The van der Waals surface area contributed by atoms with Gasteiger partial charge in [0.2, 0.25) is 0 Å². The Morgan fingerprint density at radius 3 is 2.26 bits per heavy atom. The number of halogens is 1. The summed E-state index contributed by atoms with van der Waals surface area (Å²) >= 11 is 0. The molecule has 0 spiro atoms. The van der Waals surface area contributed by atoms with E-state index in [1.54, 1.807) is 32.4 Å². The number of aromatic nitrogens is 3. The summed E-state index contributed by atoms with van der Waals surface area (Å²) in [4.78, 5) is 25.6. The van der Waals surface area contributed by atoms with Crippen molar-refractivity contribution in [2.45, 2.75) is 37.8 Å². The second-order valence-corrected chi connectivity index (χ2v) is 9.12. The lowest BCUT2D eigenvalue weighted by molar-refractivity contribution is 0.100. The molecule has 1 aromatic carbocycles. The molecule has 2 atom stereocenters. The maximum atomic E-state index is 14.9. The van der Waals surface area contributed by atoms with Crippen molar-refractivity contribution >= 4 is 34.3 Å². The summed E-state index contributed by atoms with van der Waals surface area (Å²) < 4.78 is 36.4. The molecule has 210 valence electrons. The van der Waals surface area contributed by atoms with Crippen LogP contribution in [0.25, 0.3) is 11.0 Å². The fourth-order valence-corrected chi connectivity index (χ4v) is 4.26. The normalized spacial score (nSPS) is 17.1. The molecule has 12 nitrogen and oxygen atoms in total. The highest BCUT2D eigenvalue weighted by atomic mass is 19.1. The molecular formula is C26H34FN7O5. The van der Waals surface area contributed by atoms with Crippen molar-refractivity contribution < 1.29 is 28.1 Å². The molecule has 1 fully saturated rings. The largest absolute Gasteiger partial charge is 0.471 e. The van der Waals surface area contributed by atoms with Crippen molar-refractivity contribution in [3.05, 3.63) is 35.6 Å². The number of benzene rings is 1. The van der Waals surface area contributed by atoms with Crippen LogP contribution in [0.5, 0.6) is 11.8 Å². The van der Waals surface area contributed by atoms with Crippen LogP contribution in [0.15, 0.2) is 24.3 Å². The van der Waals surface area contributed by atoms with Gasteiger partial charge < -0.3 is 41.0 Å². The predicted octanol–water partition coefficient (Wildman–Crippen LogP) is 2.74. The standard InChI is InChI=1S/C26H34FN7O5/c1-36-9-11-38-25-26(39-12-10-37-2)33-21-13-15(7-8-20(21)32-25)30-23-16(22(29)35)14-17(27)24(34-23)31-19-6-4-3-5-18(19)28/h7-8,13-14,18-19H,3-6,9-12,28H2,1-2H3,(H2,29,35)(H2,30,31,34)/t18-,19+/m0/s1. The van der Waals surface area contributed by atoms with Crippen molar-refractivity contribution in [2.24, 2.45) is 11.5 Å². The monoisotopic (exact) mass is 543 g/mol. The molecule has 2 aromatic heterocycles.